The molecule has 0 bridgehead atoms. The number of hydrogen-bond acceptors (Lipinski definition) is 3. The summed E-state index contributed by atoms with van der Waals surface area (Å²) in [7, 11) is 3.90. The predicted molar refractivity (Wildman–Crippen MR) is 68.7 cm³/mol. The van der Waals surface area contributed by atoms with Crippen LogP contribution in [0.2, 0.25) is 0 Å². The molecule has 1 rings (SSSR count). The third-order valence-corrected chi connectivity index (χ3v) is 3.91. The number of likely N-dealkylation sites (N-methyl/N-ethyl adjacent to an activating group) is 1. The van der Waals surface area contributed by atoms with Crippen molar-refractivity contribution in [3.8, 4) is 0 Å². The highest BCUT2D eigenvalue weighted by Gasteiger charge is 2.27. The van der Waals surface area contributed by atoms with Gasteiger partial charge in [0.05, 0.1) is 6.10 Å². The average molecular weight is 228 g/mol. The molecule has 96 valence electrons. The number of hydrogen-bond donors (Lipinski definition) is 1. The Morgan fingerprint density at radius 2 is 2.12 bits per heavy atom. The fraction of sp³-hybridized carbons (Fsp3) is 1.00. The monoisotopic (exact) mass is 228 g/mol. The van der Waals surface area contributed by atoms with Crippen LogP contribution >= 0.6 is 0 Å². The molecule has 3 unspecified atom stereocenters. The molecule has 3 atom stereocenters. The number of nitrogens with one attached hydrogen (secondary N) is 1. The number of piperidine rings is 1. The molecule has 0 saturated carbocycles. The molecule has 0 spiro atoms. The van der Waals surface area contributed by atoms with Gasteiger partial charge in [0.1, 0.15) is 0 Å². The molecule has 0 amide bonds. The molecular weight excluding hydrogens is 200 g/mol. The van der Waals surface area contributed by atoms with Crippen molar-refractivity contribution in [1.82, 2.24) is 10.2 Å². The molecule has 0 aromatic rings. The van der Waals surface area contributed by atoms with Crippen LogP contribution in [-0.4, -0.2) is 50.8 Å². The Morgan fingerprint density at radius 1 is 1.44 bits per heavy atom. The Balaban J connectivity index is 2.43. The second-order valence-electron chi connectivity index (χ2n) is 5.44. The lowest BCUT2D eigenvalue weighted by molar-refractivity contribution is -0.00856. The fourth-order valence-corrected chi connectivity index (χ4v) is 2.48. The minimum absolute atomic E-state index is 0.415. The van der Waals surface area contributed by atoms with Crippen molar-refractivity contribution in [2.24, 2.45) is 11.8 Å². The molecule has 3 heteroatoms. The highest BCUT2D eigenvalue weighted by molar-refractivity contribution is 4.82. The highest BCUT2D eigenvalue weighted by atomic mass is 16.5. The summed E-state index contributed by atoms with van der Waals surface area (Å²) in [6.07, 6.45) is 1.67. The Kier molecular flexibility index (Phi) is 5.73. The average Bonchev–Trinajstić information content (AvgIpc) is 2.27. The van der Waals surface area contributed by atoms with Crippen LogP contribution in [0.25, 0.3) is 0 Å². The van der Waals surface area contributed by atoms with E-state index in [0.29, 0.717) is 24.0 Å². The third kappa shape index (κ3) is 3.72. The predicted octanol–water partition coefficient (Wildman–Crippen LogP) is 1.59. The number of likely N-dealkylation sites (tertiary alicyclic amines) is 1. The molecule has 1 heterocycles. The van der Waals surface area contributed by atoms with Gasteiger partial charge < -0.3 is 10.1 Å². The molecule has 0 aromatic carbocycles. The summed E-state index contributed by atoms with van der Waals surface area (Å²) in [6, 6.07) is 0.589. The van der Waals surface area contributed by atoms with Gasteiger partial charge in [0.15, 0.2) is 0 Å². The van der Waals surface area contributed by atoms with Crippen molar-refractivity contribution in [2.75, 3.05) is 33.8 Å². The lowest BCUT2D eigenvalue weighted by Crippen LogP contribution is -2.50. The van der Waals surface area contributed by atoms with Crippen LogP contribution < -0.4 is 5.32 Å². The van der Waals surface area contributed by atoms with Gasteiger partial charge in [-0.15, -0.1) is 0 Å². The molecule has 1 fully saturated rings. The number of ether oxygens (including phenoxy) is 1. The summed E-state index contributed by atoms with van der Waals surface area (Å²) < 4.78 is 5.55. The molecule has 1 aliphatic rings. The normalized spacial score (nSPS) is 29.6. The lowest BCUT2D eigenvalue weighted by atomic mass is 9.94. The van der Waals surface area contributed by atoms with Gasteiger partial charge in [0.25, 0.3) is 0 Å². The first-order valence-electron chi connectivity index (χ1n) is 6.50. The SMILES string of the molecule is CNC(CN1CCC(C)C(OC)C1)C(C)C. The molecule has 1 aliphatic heterocycles. The van der Waals surface area contributed by atoms with Gasteiger partial charge >= 0.3 is 0 Å². The molecule has 3 nitrogen and oxygen atoms in total. The molecule has 1 saturated heterocycles. The van der Waals surface area contributed by atoms with Crippen molar-refractivity contribution < 1.29 is 4.74 Å². The van der Waals surface area contributed by atoms with Gasteiger partial charge in [-0.3, -0.25) is 4.90 Å². The van der Waals surface area contributed by atoms with E-state index >= 15 is 0 Å². The van der Waals surface area contributed by atoms with Gasteiger partial charge in [-0.2, -0.15) is 0 Å². The Labute approximate surface area is 101 Å². The maximum atomic E-state index is 5.55. The first-order chi connectivity index (χ1) is 7.58. The van der Waals surface area contributed by atoms with E-state index in [2.05, 4.69) is 38.0 Å². The van der Waals surface area contributed by atoms with Crippen molar-refractivity contribution in [2.45, 2.75) is 39.3 Å². The van der Waals surface area contributed by atoms with Gasteiger partial charge in [-0.1, -0.05) is 20.8 Å². The van der Waals surface area contributed by atoms with Crippen LogP contribution in [0.15, 0.2) is 0 Å². The third-order valence-electron chi connectivity index (χ3n) is 3.91. The standard InChI is InChI=1S/C13H28N2O/c1-10(2)12(14-4)8-15-7-6-11(3)13(9-15)16-5/h10-14H,6-9H2,1-5H3. The molecule has 16 heavy (non-hydrogen) atoms. The second-order valence-corrected chi connectivity index (χ2v) is 5.44. The van der Waals surface area contributed by atoms with Crippen molar-refractivity contribution in [3.05, 3.63) is 0 Å². The Hall–Kier alpha value is -0.120. The zero-order valence-electron chi connectivity index (χ0n) is 11.5. The van der Waals surface area contributed by atoms with Crippen LogP contribution in [0.4, 0.5) is 0 Å². The Bertz CT molecular complexity index is 196. The van der Waals surface area contributed by atoms with Crippen molar-refractivity contribution >= 4 is 0 Å². The van der Waals surface area contributed by atoms with E-state index in [4.69, 9.17) is 4.74 Å². The van der Waals surface area contributed by atoms with E-state index in [1.165, 1.54) is 13.0 Å². The summed E-state index contributed by atoms with van der Waals surface area (Å²) in [5.74, 6) is 1.39. The summed E-state index contributed by atoms with van der Waals surface area (Å²) in [4.78, 5) is 2.54. The number of rotatable bonds is 5. The second kappa shape index (κ2) is 6.58. The smallest absolute Gasteiger partial charge is 0.0724 e. The number of nitrogens with zero attached hydrogens (tertiary/aromatic N) is 1. The first-order valence-corrected chi connectivity index (χ1v) is 6.50. The maximum absolute atomic E-state index is 5.55. The highest BCUT2D eigenvalue weighted by Crippen LogP contribution is 2.20. The topological polar surface area (TPSA) is 24.5 Å². The Morgan fingerprint density at radius 3 is 2.62 bits per heavy atom. The molecule has 0 radical (unpaired) electrons. The van der Waals surface area contributed by atoms with Crippen molar-refractivity contribution in [3.63, 3.8) is 0 Å². The van der Waals surface area contributed by atoms with Crippen LogP contribution in [0.1, 0.15) is 27.2 Å². The largest absolute Gasteiger partial charge is 0.380 e. The molecule has 1 N–H and O–H groups in total. The fourth-order valence-electron chi connectivity index (χ4n) is 2.48. The van der Waals surface area contributed by atoms with Crippen LogP contribution in [0, 0.1) is 11.8 Å². The van der Waals surface area contributed by atoms with Crippen LogP contribution in [-0.2, 0) is 4.74 Å². The minimum atomic E-state index is 0.415. The van der Waals surface area contributed by atoms with Gasteiger partial charge in [0, 0.05) is 26.2 Å². The van der Waals surface area contributed by atoms with Gasteiger partial charge in [-0.05, 0) is 31.8 Å². The van der Waals surface area contributed by atoms with Gasteiger partial charge in [0.2, 0.25) is 0 Å². The summed E-state index contributed by atoms with van der Waals surface area (Å²) >= 11 is 0. The van der Waals surface area contributed by atoms with Crippen molar-refractivity contribution in [1.29, 1.82) is 0 Å². The minimum Gasteiger partial charge on any atom is -0.380 e. The zero-order chi connectivity index (χ0) is 12.1. The van der Waals surface area contributed by atoms with Gasteiger partial charge in [-0.25, -0.2) is 0 Å². The summed E-state index contributed by atoms with van der Waals surface area (Å²) in [5.41, 5.74) is 0. The van der Waals surface area contributed by atoms with Crippen LogP contribution in [0.3, 0.4) is 0 Å². The number of methoxy groups -OCH3 is 1. The van der Waals surface area contributed by atoms with E-state index in [1.54, 1.807) is 0 Å². The summed E-state index contributed by atoms with van der Waals surface area (Å²) in [6.45, 7) is 10.3. The zero-order valence-corrected chi connectivity index (χ0v) is 11.5. The van der Waals surface area contributed by atoms with Crippen LogP contribution in [0.5, 0.6) is 0 Å². The molecule has 0 aliphatic carbocycles. The summed E-state index contributed by atoms with van der Waals surface area (Å²) in [5, 5.41) is 3.41. The maximum Gasteiger partial charge on any atom is 0.0724 e. The first kappa shape index (κ1) is 13.9. The van der Waals surface area contributed by atoms with E-state index in [9.17, 15) is 0 Å². The molecular formula is C13H28N2O. The van der Waals surface area contributed by atoms with E-state index in [0.717, 1.165) is 13.1 Å². The quantitative estimate of drug-likeness (QED) is 0.773. The van der Waals surface area contributed by atoms with E-state index < -0.39 is 0 Å². The van der Waals surface area contributed by atoms with E-state index in [-0.39, 0.29) is 0 Å². The molecule has 0 aromatic heterocycles. The van der Waals surface area contributed by atoms with E-state index in [1.807, 2.05) is 7.11 Å². The lowest BCUT2D eigenvalue weighted by Gasteiger charge is -2.38.